The van der Waals surface area contributed by atoms with E-state index in [1.165, 1.54) is 0 Å². The maximum absolute atomic E-state index is 12.5. The fraction of sp³-hybridized carbons (Fsp3) is 0.750. The van der Waals surface area contributed by atoms with E-state index in [4.69, 9.17) is 11.5 Å². The van der Waals surface area contributed by atoms with Gasteiger partial charge in [-0.15, -0.1) is 0 Å². The van der Waals surface area contributed by atoms with Gasteiger partial charge in [-0.1, -0.05) is 0 Å². The molecule has 1 saturated heterocycles. The third kappa shape index (κ3) is 1.64. The fourth-order valence-electron chi connectivity index (χ4n) is 5.25. The molecule has 3 fully saturated rings. The lowest BCUT2D eigenvalue weighted by Crippen LogP contribution is -2.96. The number of nitrogens with zero attached hydrogens (tertiary/aromatic N) is 2. The van der Waals surface area contributed by atoms with Gasteiger partial charge in [0.05, 0.1) is 0 Å². The normalized spacial score (nSPS) is 34.2. The Bertz CT molecular complexity index is 656. The first kappa shape index (κ1) is 18.6. The smallest absolute Gasteiger partial charge is 0.273 e. The number of hydrogen-bond donors (Lipinski definition) is 4. The molecular weight excluding hydrogens is 344 g/mol. The summed E-state index contributed by atoms with van der Waals surface area (Å²) in [5.41, 5.74) is 2.53. The van der Waals surface area contributed by atoms with Crippen molar-refractivity contribution in [3.05, 3.63) is 0 Å². The second kappa shape index (κ2) is 5.17. The predicted octanol–water partition coefficient (Wildman–Crippen LogP) is -2.11. The van der Waals surface area contributed by atoms with E-state index in [9.17, 15) is 29.4 Å². The second-order valence-electron chi connectivity index (χ2n) is 7.55. The van der Waals surface area contributed by atoms with Crippen molar-refractivity contribution in [2.75, 3.05) is 0 Å². The van der Waals surface area contributed by atoms with Gasteiger partial charge >= 0.3 is 0 Å². The summed E-state index contributed by atoms with van der Waals surface area (Å²) >= 11 is 0. The van der Waals surface area contributed by atoms with E-state index in [1.54, 1.807) is 0 Å². The topological polar surface area (TPSA) is 167 Å². The minimum Gasteiger partial charge on any atom is -0.365 e. The van der Waals surface area contributed by atoms with Crippen LogP contribution in [-0.2, 0) is 19.2 Å². The van der Waals surface area contributed by atoms with Crippen LogP contribution in [0.4, 0.5) is 0 Å². The van der Waals surface area contributed by atoms with Crippen molar-refractivity contribution in [1.82, 2.24) is 9.80 Å². The Balaban J connectivity index is 2.40. The second-order valence-corrected chi connectivity index (χ2v) is 7.55. The zero-order chi connectivity index (χ0) is 19.7. The van der Waals surface area contributed by atoms with Gasteiger partial charge in [-0.05, 0) is 38.5 Å². The fourth-order valence-corrected chi connectivity index (χ4v) is 5.25. The standard InChI is InChI=1S/C16H24N4O6/c1-9(21)19-13(5-3-6-13)16(26,12(18)24)20(10(2)22)14(7-4-8-14)15(19,25)11(17)23/h25-26H,3-8H2,1-2H3,(H2,17,23)(H2,18,24). The molecule has 0 radical (unpaired) electrons. The van der Waals surface area contributed by atoms with Crippen LogP contribution in [-0.4, -0.2) is 66.2 Å². The van der Waals surface area contributed by atoms with E-state index in [0.29, 0.717) is 12.8 Å². The van der Waals surface area contributed by atoms with Gasteiger partial charge in [0.25, 0.3) is 11.8 Å². The van der Waals surface area contributed by atoms with E-state index >= 15 is 0 Å². The highest BCUT2D eigenvalue weighted by Crippen LogP contribution is 2.62. The minimum absolute atomic E-state index is 0.0848. The Labute approximate surface area is 150 Å². The van der Waals surface area contributed by atoms with E-state index in [2.05, 4.69) is 0 Å². The monoisotopic (exact) mass is 368 g/mol. The number of nitrogens with two attached hydrogens (primary N) is 2. The van der Waals surface area contributed by atoms with Crippen molar-refractivity contribution in [3.63, 3.8) is 0 Å². The Morgan fingerprint density at radius 3 is 1.12 bits per heavy atom. The predicted molar refractivity (Wildman–Crippen MR) is 86.5 cm³/mol. The number of primary amides is 2. The van der Waals surface area contributed by atoms with Crippen LogP contribution < -0.4 is 11.5 Å². The summed E-state index contributed by atoms with van der Waals surface area (Å²) < 4.78 is 0. The molecule has 10 nitrogen and oxygen atoms in total. The molecule has 0 aromatic carbocycles. The number of aliphatic hydroxyl groups is 2. The van der Waals surface area contributed by atoms with E-state index < -0.39 is 46.2 Å². The number of piperazine rings is 1. The molecule has 2 aliphatic carbocycles. The number of rotatable bonds is 2. The minimum atomic E-state index is -2.55. The lowest BCUT2D eigenvalue weighted by atomic mass is 9.55. The number of hydrogen-bond acceptors (Lipinski definition) is 6. The van der Waals surface area contributed by atoms with Crippen LogP contribution in [0, 0.1) is 0 Å². The summed E-state index contributed by atoms with van der Waals surface area (Å²) in [4.78, 5) is 51.5. The summed E-state index contributed by atoms with van der Waals surface area (Å²) in [5.74, 6) is -3.90. The third-order valence-corrected chi connectivity index (χ3v) is 6.48. The van der Waals surface area contributed by atoms with Crippen LogP contribution in [0.1, 0.15) is 52.4 Å². The van der Waals surface area contributed by atoms with Gasteiger partial charge in [-0.3, -0.25) is 29.0 Å². The molecule has 0 bridgehead atoms. The van der Waals surface area contributed by atoms with Crippen LogP contribution in [0.2, 0.25) is 0 Å². The number of amides is 4. The SMILES string of the molecule is CC(=O)N1C2(CCC2)C(O)(C(N)=O)N(C(C)=O)C2(CCC2)C1(O)C(N)=O. The van der Waals surface area contributed by atoms with Gasteiger partial charge in [0, 0.05) is 13.8 Å². The Hall–Kier alpha value is -2.20. The summed E-state index contributed by atoms with van der Waals surface area (Å²) in [6.45, 7) is 2.23. The highest BCUT2D eigenvalue weighted by molar-refractivity contribution is 5.97. The third-order valence-electron chi connectivity index (χ3n) is 6.48. The maximum Gasteiger partial charge on any atom is 0.273 e. The summed E-state index contributed by atoms with van der Waals surface area (Å²) in [5, 5.41) is 22.9. The van der Waals surface area contributed by atoms with Crippen molar-refractivity contribution >= 4 is 23.6 Å². The molecule has 3 aliphatic rings. The molecular formula is C16H24N4O6. The number of carbonyl (C=O) groups is 4. The quantitative estimate of drug-likeness (QED) is 0.435. The van der Waals surface area contributed by atoms with Crippen molar-refractivity contribution in [1.29, 1.82) is 0 Å². The molecule has 2 atom stereocenters. The van der Waals surface area contributed by atoms with E-state index in [0.717, 1.165) is 23.6 Å². The molecule has 3 rings (SSSR count). The van der Waals surface area contributed by atoms with Crippen molar-refractivity contribution < 1.29 is 29.4 Å². The highest BCUT2D eigenvalue weighted by atomic mass is 16.4. The number of carbonyl (C=O) groups excluding carboxylic acids is 4. The van der Waals surface area contributed by atoms with Crippen LogP contribution in [0.25, 0.3) is 0 Å². The van der Waals surface area contributed by atoms with E-state index in [1.807, 2.05) is 0 Å². The average molecular weight is 368 g/mol. The first-order valence-corrected chi connectivity index (χ1v) is 8.60. The zero-order valence-electron chi connectivity index (χ0n) is 14.8. The molecule has 2 saturated carbocycles. The zero-order valence-corrected chi connectivity index (χ0v) is 14.8. The Kier molecular flexibility index (Phi) is 3.69. The maximum atomic E-state index is 12.5. The molecule has 4 amide bonds. The lowest BCUT2D eigenvalue weighted by Gasteiger charge is -2.74. The van der Waals surface area contributed by atoms with Gasteiger partial charge < -0.3 is 21.7 Å². The first-order chi connectivity index (χ1) is 11.9. The molecule has 0 aromatic heterocycles. The molecule has 2 unspecified atom stereocenters. The van der Waals surface area contributed by atoms with Crippen molar-refractivity contribution in [2.45, 2.75) is 74.9 Å². The molecule has 0 aromatic rings. The first-order valence-electron chi connectivity index (χ1n) is 8.60. The molecule has 26 heavy (non-hydrogen) atoms. The molecule has 1 aliphatic heterocycles. The molecule has 1 heterocycles. The average Bonchev–Trinajstić information content (AvgIpc) is 2.43. The van der Waals surface area contributed by atoms with Gasteiger partial charge in [0.15, 0.2) is 0 Å². The lowest BCUT2D eigenvalue weighted by molar-refractivity contribution is -0.349. The largest absolute Gasteiger partial charge is 0.365 e. The molecule has 144 valence electrons. The summed E-state index contributed by atoms with van der Waals surface area (Å²) in [6.07, 6.45) is 1.35. The summed E-state index contributed by atoms with van der Waals surface area (Å²) in [6, 6.07) is 0. The van der Waals surface area contributed by atoms with Crippen LogP contribution in [0.5, 0.6) is 0 Å². The van der Waals surface area contributed by atoms with Gasteiger partial charge in [-0.25, -0.2) is 0 Å². The Morgan fingerprint density at radius 2 is 1.00 bits per heavy atom. The van der Waals surface area contributed by atoms with Gasteiger partial charge in [-0.2, -0.15) is 0 Å². The van der Waals surface area contributed by atoms with E-state index in [-0.39, 0.29) is 25.7 Å². The van der Waals surface area contributed by atoms with Gasteiger partial charge in [0.2, 0.25) is 23.3 Å². The van der Waals surface area contributed by atoms with Crippen LogP contribution >= 0.6 is 0 Å². The van der Waals surface area contributed by atoms with Crippen LogP contribution in [0.3, 0.4) is 0 Å². The van der Waals surface area contributed by atoms with Crippen molar-refractivity contribution in [3.8, 4) is 0 Å². The Morgan fingerprint density at radius 1 is 0.731 bits per heavy atom. The molecule has 10 heteroatoms. The van der Waals surface area contributed by atoms with Crippen LogP contribution in [0.15, 0.2) is 0 Å². The molecule has 2 spiro atoms. The highest BCUT2D eigenvalue weighted by Gasteiger charge is 2.82. The summed E-state index contributed by atoms with van der Waals surface area (Å²) in [7, 11) is 0. The van der Waals surface area contributed by atoms with Crippen molar-refractivity contribution in [2.24, 2.45) is 11.5 Å². The molecule has 6 N–H and O–H groups in total. The van der Waals surface area contributed by atoms with Gasteiger partial charge in [0.1, 0.15) is 11.1 Å².